The first-order valence-corrected chi connectivity index (χ1v) is 5.91. The summed E-state index contributed by atoms with van der Waals surface area (Å²) in [5.74, 6) is -0.633. The Bertz CT molecular complexity index is 466. The van der Waals surface area contributed by atoms with Crippen LogP contribution in [0, 0.1) is 0 Å². The molecule has 1 amide bonds. The Hall–Kier alpha value is -2.11. The van der Waals surface area contributed by atoms with Gasteiger partial charge in [0.15, 0.2) is 0 Å². The molecule has 0 aromatic carbocycles. The maximum absolute atomic E-state index is 11.6. The van der Waals surface area contributed by atoms with Crippen LogP contribution in [0.3, 0.4) is 0 Å². The van der Waals surface area contributed by atoms with Crippen LogP contribution in [-0.4, -0.2) is 36.1 Å². The quantitative estimate of drug-likeness (QED) is 0.799. The third-order valence-corrected chi connectivity index (χ3v) is 2.12. The minimum Gasteiger partial charge on any atom is -0.464 e. The van der Waals surface area contributed by atoms with Crippen molar-refractivity contribution in [2.45, 2.75) is 26.3 Å². The van der Waals surface area contributed by atoms with Gasteiger partial charge in [0.2, 0.25) is 5.91 Å². The number of ether oxygens (including phenoxy) is 1. The summed E-state index contributed by atoms with van der Waals surface area (Å²) in [5.41, 5.74) is 0.567. The molecule has 1 rings (SSSR count). The van der Waals surface area contributed by atoms with Gasteiger partial charge in [-0.25, -0.2) is 9.78 Å². The molecule has 0 aliphatic rings. The van der Waals surface area contributed by atoms with Gasteiger partial charge in [-0.15, -0.1) is 0 Å². The number of esters is 1. The van der Waals surface area contributed by atoms with E-state index >= 15 is 0 Å². The lowest BCUT2D eigenvalue weighted by molar-refractivity contribution is -0.120. The third-order valence-electron chi connectivity index (χ3n) is 2.12. The van der Waals surface area contributed by atoms with Gasteiger partial charge >= 0.3 is 5.97 Å². The number of amides is 1. The monoisotopic (exact) mass is 265 g/mol. The number of nitrogens with one attached hydrogen (secondary N) is 2. The van der Waals surface area contributed by atoms with Gasteiger partial charge in [0.05, 0.1) is 13.7 Å². The van der Waals surface area contributed by atoms with Crippen LogP contribution in [0.5, 0.6) is 0 Å². The molecule has 0 unspecified atom stereocenters. The molecule has 0 spiro atoms. The Morgan fingerprint density at radius 3 is 2.63 bits per heavy atom. The Morgan fingerprint density at radius 1 is 1.37 bits per heavy atom. The van der Waals surface area contributed by atoms with E-state index in [9.17, 15) is 9.59 Å². The molecule has 1 aromatic rings. The lowest BCUT2D eigenvalue weighted by Gasteiger charge is -2.20. The molecule has 1 heterocycles. The summed E-state index contributed by atoms with van der Waals surface area (Å²) >= 11 is 0. The third kappa shape index (κ3) is 5.37. The van der Waals surface area contributed by atoms with E-state index in [4.69, 9.17) is 0 Å². The number of rotatable bonds is 4. The molecule has 6 nitrogen and oxygen atoms in total. The zero-order chi connectivity index (χ0) is 14.5. The number of pyridine rings is 1. The molecule has 0 fully saturated rings. The molecule has 0 radical (unpaired) electrons. The predicted octanol–water partition coefficient (Wildman–Crippen LogP) is 1.19. The number of nitrogens with zero attached hydrogens (tertiary/aromatic N) is 1. The maximum Gasteiger partial charge on any atom is 0.356 e. The van der Waals surface area contributed by atoms with Crippen molar-refractivity contribution in [3.63, 3.8) is 0 Å². The molecule has 19 heavy (non-hydrogen) atoms. The second-order valence-electron chi connectivity index (χ2n) is 5.07. The van der Waals surface area contributed by atoms with Crippen LogP contribution in [0.25, 0.3) is 0 Å². The first kappa shape index (κ1) is 14.9. The topological polar surface area (TPSA) is 80.3 Å². The van der Waals surface area contributed by atoms with Crippen molar-refractivity contribution in [1.82, 2.24) is 10.3 Å². The van der Waals surface area contributed by atoms with Crippen LogP contribution in [0.15, 0.2) is 18.3 Å². The molecule has 104 valence electrons. The van der Waals surface area contributed by atoms with Gasteiger partial charge < -0.3 is 15.4 Å². The highest BCUT2D eigenvalue weighted by molar-refractivity contribution is 5.88. The average Bonchev–Trinajstić information content (AvgIpc) is 2.34. The lowest BCUT2D eigenvalue weighted by Crippen LogP contribution is -2.43. The summed E-state index contributed by atoms with van der Waals surface area (Å²) in [6, 6.07) is 3.22. The molecule has 0 saturated carbocycles. The number of aromatic nitrogens is 1. The number of carbonyl (C=O) groups is 2. The van der Waals surface area contributed by atoms with Gasteiger partial charge in [0.1, 0.15) is 5.69 Å². The van der Waals surface area contributed by atoms with Crippen molar-refractivity contribution in [1.29, 1.82) is 0 Å². The summed E-state index contributed by atoms with van der Waals surface area (Å²) in [4.78, 5) is 26.8. The smallest absolute Gasteiger partial charge is 0.356 e. The van der Waals surface area contributed by atoms with Crippen molar-refractivity contribution in [3.05, 3.63) is 24.0 Å². The van der Waals surface area contributed by atoms with Crippen molar-refractivity contribution in [2.24, 2.45) is 0 Å². The van der Waals surface area contributed by atoms with Crippen molar-refractivity contribution >= 4 is 17.6 Å². The van der Waals surface area contributed by atoms with Gasteiger partial charge in [-0.1, -0.05) is 0 Å². The van der Waals surface area contributed by atoms with Gasteiger partial charge in [-0.2, -0.15) is 0 Å². The Balaban J connectivity index is 2.59. The molecular formula is C13H19N3O3. The summed E-state index contributed by atoms with van der Waals surface area (Å²) in [5, 5.41) is 5.76. The Labute approximate surface area is 112 Å². The molecule has 0 aliphatic carbocycles. The highest BCUT2D eigenvalue weighted by Gasteiger charge is 2.13. The predicted molar refractivity (Wildman–Crippen MR) is 72.0 cm³/mol. The van der Waals surface area contributed by atoms with Crippen LogP contribution in [-0.2, 0) is 9.53 Å². The summed E-state index contributed by atoms with van der Waals surface area (Å²) < 4.78 is 4.57. The van der Waals surface area contributed by atoms with E-state index in [1.165, 1.54) is 19.4 Å². The molecule has 0 aliphatic heterocycles. The second-order valence-corrected chi connectivity index (χ2v) is 5.07. The minimum absolute atomic E-state index is 0.121. The number of hydrogen-bond donors (Lipinski definition) is 2. The van der Waals surface area contributed by atoms with Crippen molar-refractivity contribution < 1.29 is 14.3 Å². The molecule has 0 atom stereocenters. The SMILES string of the molecule is COC(=O)c1cc(NCC(=O)NC(C)(C)C)ccn1. The van der Waals surface area contributed by atoms with Gasteiger partial charge in [-0.3, -0.25) is 4.79 Å². The number of methoxy groups -OCH3 is 1. The van der Waals surface area contributed by atoms with Crippen LogP contribution in [0.2, 0.25) is 0 Å². The average molecular weight is 265 g/mol. The van der Waals surface area contributed by atoms with Crippen molar-refractivity contribution in [2.75, 3.05) is 19.0 Å². The van der Waals surface area contributed by atoms with E-state index in [0.717, 1.165) is 0 Å². The second kappa shape index (κ2) is 6.17. The molecule has 2 N–H and O–H groups in total. The first-order chi connectivity index (χ1) is 8.81. The van der Waals surface area contributed by atoms with Gasteiger partial charge in [0.25, 0.3) is 0 Å². The maximum atomic E-state index is 11.6. The summed E-state index contributed by atoms with van der Waals surface area (Å²) in [7, 11) is 1.29. The molecule has 0 bridgehead atoms. The molecule has 1 aromatic heterocycles. The fraction of sp³-hybridized carbons (Fsp3) is 0.462. The fourth-order valence-corrected chi connectivity index (χ4v) is 1.40. The molecule has 0 saturated heterocycles. The zero-order valence-corrected chi connectivity index (χ0v) is 11.6. The van der Waals surface area contributed by atoms with E-state index in [1.54, 1.807) is 6.07 Å². The Kier molecular flexibility index (Phi) is 4.86. The fourth-order valence-electron chi connectivity index (χ4n) is 1.40. The zero-order valence-electron chi connectivity index (χ0n) is 11.6. The number of anilines is 1. The molecule has 6 heteroatoms. The van der Waals surface area contributed by atoms with Gasteiger partial charge in [-0.05, 0) is 32.9 Å². The van der Waals surface area contributed by atoms with Crippen LogP contribution < -0.4 is 10.6 Å². The first-order valence-electron chi connectivity index (χ1n) is 5.91. The number of hydrogen-bond acceptors (Lipinski definition) is 5. The summed E-state index contributed by atoms with van der Waals surface area (Å²) in [6.45, 7) is 5.86. The Morgan fingerprint density at radius 2 is 2.05 bits per heavy atom. The van der Waals surface area contributed by atoms with Crippen molar-refractivity contribution in [3.8, 4) is 0 Å². The highest BCUT2D eigenvalue weighted by Crippen LogP contribution is 2.08. The van der Waals surface area contributed by atoms with E-state index in [-0.39, 0.29) is 23.7 Å². The van der Waals surface area contributed by atoms with Crippen LogP contribution >= 0.6 is 0 Å². The minimum atomic E-state index is -0.511. The highest BCUT2D eigenvalue weighted by atomic mass is 16.5. The van der Waals surface area contributed by atoms with Crippen LogP contribution in [0.1, 0.15) is 31.3 Å². The van der Waals surface area contributed by atoms with E-state index in [2.05, 4.69) is 20.4 Å². The van der Waals surface area contributed by atoms with E-state index < -0.39 is 5.97 Å². The largest absolute Gasteiger partial charge is 0.464 e. The number of carbonyl (C=O) groups excluding carboxylic acids is 2. The van der Waals surface area contributed by atoms with Gasteiger partial charge in [0, 0.05) is 17.4 Å². The van der Waals surface area contributed by atoms with Crippen LogP contribution in [0.4, 0.5) is 5.69 Å². The summed E-state index contributed by atoms with van der Waals surface area (Å²) in [6.07, 6.45) is 1.48. The van der Waals surface area contributed by atoms with E-state index in [0.29, 0.717) is 5.69 Å². The standard InChI is InChI=1S/C13H19N3O3/c1-13(2,3)16-11(17)8-15-9-5-6-14-10(7-9)12(18)19-4/h5-7H,8H2,1-4H3,(H,14,15)(H,16,17). The lowest BCUT2D eigenvalue weighted by atomic mass is 10.1. The molecular weight excluding hydrogens is 246 g/mol. The van der Waals surface area contributed by atoms with E-state index in [1.807, 2.05) is 20.8 Å². The normalized spacial score (nSPS) is 10.7.